The molecule has 1 heterocycles. The van der Waals surface area contributed by atoms with Crippen molar-refractivity contribution in [1.82, 2.24) is 20.4 Å². The number of aliphatic hydroxyl groups excluding tert-OH is 1. The van der Waals surface area contributed by atoms with Crippen molar-refractivity contribution in [1.29, 1.82) is 0 Å². The fraction of sp³-hybridized carbons (Fsp3) is 0.727. The van der Waals surface area contributed by atoms with E-state index in [0.29, 0.717) is 0 Å². The normalized spacial score (nSPS) is 21.4. The number of likely N-dealkylation sites (tertiary alicyclic amines) is 1. The van der Waals surface area contributed by atoms with Crippen LogP contribution >= 0.6 is 0 Å². The molecule has 1 aliphatic heterocycles. The number of nitrogens with zero attached hydrogens (tertiary/aromatic N) is 2. The summed E-state index contributed by atoms with van der Waals surface area (Å²) in [4.78, 5) is 36.4. The highest BCUT2D eigenvalue weighted by molar-refractivity contribution is 5.83. The average Bonchev–Trinajstić information content (AvgIpc) is 2.76. The second-order valence-corrected chi connectivity index (χ2v) is 4.75. The number of rotatable bonds is 4. The zero-order valence-electron chi connectivity index (χ0n) is 11.5. The van der Waals surface area contributed by atoms with E-state index in [2.05, 4.69) is 10.6 Å². The van der Waals surface area contributed by atoms with Crippen LogP contribution in [0.25, 0.3) is 0 Å². The Kier molecular flexibility index (Phi) is 5.56. The SMILES string of the molecule is CN(C)C(=O)NCCNC(=O)N1CC(O)CC1C(=O)O. The lowest BCUT2D eigenvalue weighted by Crippen LogP contribution is -2.48. The summed E-state index contributed by atoms with van der Waals surface area (Å²) in [5, 5.41) is 23.4. The number of carboxylic acid groups (broad SMARTS) is 1. The highest BCUT2D eigenvalue weighted by Gasteiger charge is 2.38. The number of carboxylic acids is 1. The second kappa shape index (κ2) is 6.94. The largest absolute Gasteiger partial charge is 0.480 e. The first-order valence-corrected chi connectivity index (χ1v) is 6.23. The van der Waals surface area contributed by atoms with Crippen molar-refractivity contribution in [3.8, 4) is 0 Å². The number of aliphatic hydroxyl groups is 1. The van der Waals surface area contributed by atoms with Crippen LogP contribution in [-0.2, 0) is 4.79 Å². The van der Waals surface area contributed by atoms with Crippen LogP contribution in [0.15, 0.2) is 0 Å². The van der Waals surface area contributed by atoms with Gasteiger partial charge >= 0.3 is 18.0 Å². The number of β-amino-alcohol motifs (C(OH)–C–C–N with tert-alkyl or cyclic N) is 1. The van der Waals surface area contributed by atoms with Crippen molar-refractivity contribution in [2.45, 2.75) is 18.6 Å². The summed E-state index contributed by atoms with van der Waals surface area (Å²) < 4.78 is 0. The van der Waals surface area contributed by atoms with Crippen LogP contribution in [0.2, 0.25) is 0 Å². The second-order valence-electron chi connectivity index (χ2n) is 4.75. The minimum absolute atomic E-state index is 0.00709. The lowest BCUT2D eigenvalue weighted by Gasteiger charge is -2.21. The smallest absolute Gasteiger partial charge is 0.326 e. The molecule has 20 heavy (non-hydrogen) atoms. The van der Waals surface area contributed by atoms with Gasteiger partial charge in [0.05, 0.1) is 6.10 Å². The first kappa shape index (κ1) is 16.0. The van der Waals surface area contributed by atoms with Crippen molar-refractivity contribution in [3.05, 3.63) is 0 Å². The molecule has 0 spiro atoms. The summed E-state index contributed by atoms with van der Waals surface area (Å²) in [5.74, 6) is -1.14. The Hall–Kier alpha value is -2.03. The van der Waals surface area contributed by atoms with Gasteiger partial charge in [-0.3, -0.25) is 0 Å². The van der Waals surface area contributed by atoms with Gasteiger partial charge in [0.2, 0.25) is 0 Å². The molecule has 0 saturated carbocycles. The molecule has 0 bridgehead atoms. The van der Waals surface area contributed by atoms with Crippen LogP contribution in [0.1, 0.15) is 6.42 Å². The fourth-order valence-corrected chi connectivity index (χ4v) is 1.87. The minimum Gasteiger partial charge on any atom is -0.480 e. The highest BCUT2D eigenvalue weighted by atomic mass is 16.4. The van der Waals surface area contributed by atoms with Crippen molar-refractivity contribution < 1.29 is 24.6 Å². The van der Waals surface area contributed by atoms with Crippen LogP contribution < -0.4 is 10.6 Å². The van der Waals surface area contributed by atoms with E-state index < -0.39 is 24.1 Å². The van der Waals surface area contributed by atoms with Gasteiger partial charge in [0, 0.05) is 40.2 Å². The topological polar surface area (TPSA) is 122 Å². The number of amides is 4. The van der Waals surface area contributed by atoms with E-state index in [1.807, 2.05) is 0 Å². The first-order chi connectivity index (χ1) is 9.32. The molecule has 4 amide bonds. The molecule has 4 N–H and O–H groups in total. The van der Waals surface area contributed by atoms with Gasteiger partial charge < -0.3 is 30.6 Å². The fourth-order valence-electron chi connectivity index (χ4n) is 1.87. The van der Waals surface area contributed by atoms with E-state index in [-0.39, 0.29) is 32.1 Å². The predicted molar refractivity (Wildman–Crippen MR) is 69.2 cm³/mol. The molecular formula is C11H20N4O5. The maximum atomic E-state index is 11.8. The third-order valence-corrected chi connectivity index (χ3v) is 2.91. The Morgan fingerprint density at radius 1 is 1.25 bits per heavy atom. The lowest BCUT2D eigenvalue weighted by molar-refractivity contribution is -0.141. The molecule has 114 valence electrons. The van der Waals surface area contributed by atoms with Gasteiger partial charge in [0.1, 0.15) is 6.04 Å². The minimum atomic E-state index is -1.14. The van der Waals surface area contributed by atoms with Gasteiger partial charge in [0.15, 0.2) is 0 Å². The molecule has 1 saturated heterocycles. The van der Waals surface area contributed by atoms with E-state index in [4.69, 9.17) is 5.11 Å². The van der Waals surface area contributed by atoms with Crippen molar-refractivity contribution in [2.24, 2.45) is 0 Å². The number of hydrogen-bond donors (Lipinski definition) is 4. The van der Waals surface area contributed by atoms with E-state index in [9.17, 15) is 19.5 Å². The molecule has 1 rings (SSSR count). The zero-order valence-corrected chi connectivity index (χ0v) is 11.5. The number of carbonyl (C=O) groups is 3. The number of carbonyl (C=O) groups excluding carboxylic acids is 2. The van der Waals surface area contributed by atoms with E-state index in [1.54, 1.807) is 14.1 Å². The Morgan fingerprint density at radius 2 is 1.85 bits per heavy atom. The van der Waals surface area contributed by atoms with Gasteiger partial charge in [-0.05, 0) is 0 Å². The van der Waals surface area contributed by atoms with Gasteiger partial charge in [-0.2, -0.15) is 0 Å². The van der Waals surface area contributed by atoms with Gasteiger partial charge in [-0.25, -0.2) is 14.4 Å². The van der Waals surface area contributed by atoms with Crippen LogP contribution in [-0.4, -0.2) is 83.9 Å². The standard InChI is InChI=1S/C11H20N4O5/c1-14(2)10(19)12-3-4-13-11(20)15-6-7(16)5-8(15)9(17)18/h7-8,16H,3-6H2,1-2H3,(H,12,19)(H,13,20)(H,17,18). The Balaban J connectivity index is 2.35. The summed E-state index contributed by atoms with van der Waals surface area (Å²) in [5.41, 5.74) is 0. The molecule has 0 radical (unpaired) electrons. The average molecular weight is 288 g/mol. The molecule has 1 aliphatic rings. The molecule has 0 aromatic carbocycles. The van der Waals surface area contributed by atoms with Gasteiger partial charge in [-0.1, -0.05) is 0 Å². The Bertz CT molecular complexity index is 387. The predicted octanol–water partition coefficient (Wildman–Crippen LogP) is -1.51. The molecule has 0 aliphatic carbocycles. The third-order valence-electron chi connectivity index (χ3n) is 2.91. The first-order valence-electron chi connectivity index (χ1n) is 6.23. The summed E-state index contributed by atoms with van der Waals surface area (Å²) in [6.45, 7) is 0.404. The summed E-state index contributed by atoms with van der Waals surface area (Å²) >= 11 is 0. The zero-order chi connectivity index (χ0) is 15.3. The van der Waals surface area contributed by atoms with E-state index >= 15 is 0 Å². The van der Waals surface area contributed by atoms with E-state index in [0.717, 1.165) is 4.90 Å². The Labute approximate surface area is 116 Å². The van der Waals surface area contributed by atoms with Crippen LogP contribution in [0.5, 0.6) is 0 Å². The number of nitrogens with one attached hydrogen (secondary N) is 2. The van der Waals surface area contributed by atoms with Crippen molar-refractivity contribution >= 4 is 18.0 Å². The molecular weight excluding hydrogens is 268 g/mol. The summed E-state index contributed by atoms with van der Waals surface area (Å²) in [6, 6.07) is -1.85. The number of aliphatic carboxylic acids is 1. The van der Waals surface area contributed by atoms with Crippen LogP contribution in [0, 0.1) is 0 Å². The number of urea groups is 2. The van der Waals surface area contributed by atoms with Crippen LogP contribution in [0.4, 0.5) is 9.59 Å². The van der Waals surface area contributed by atoms with Crippen LogP contribution in [0.3, 0.4) is 0 Å². The molecule has 0 aromatic rings. The van der Waals surface area contributed by atoms with E-state index in [1.165, 1.54) is 4.90 Å². The summed E-state index contributed by atoms with van der Waals surface area (Å²) in [7, 11) is 3.19. The third kappa shape index (κ3) is 4.26. The maximum Gasteiger partial charge on any atom is 0.326 e. The molecule has 0 aromatic heterocycles. The molecule has 2 atom stereocenters. The molecule has 9 nitrogen and oxygen atoms in total. The molecule has 9 heteroatoms. The monoisotopic (exact) mass is 288 g/mol. The van der Waals surface area contributed by atoms with Gasteiger partial charge in [0.25, 0.3) is 0 Å². The summed E-state index contributed by atoms with van der Waals surface area (Å²) in [6.07, 6.45) is -0.796. The Morgan fingerprint density at radius 3 is 2.40 bits per heavy atom. The van der Waals surface area contributed by atoms with Gasteiger partial charge in [-0.15, -0.1) is 0 Å². The molecule has 2 unspecified atom stereocenters. The quantitative estimate of drug-likeness (QED) is 0.468. The molecule has 1 fully saturated rings. The highest BCUT2D eigenvalue weighted by Crippen LogP contribution is 2.17. The maximum absolute atomic E-state index is 11.8. The number of hydrogen-bond acceptors (Lipinski definition) is 4. The van der Waals surface area contributed by atoms with Crippen molar-refractivity contribution in [2.75, 3.05) is 33.7 Å². The van der Waals surface area contributed by atoms with Crippen molar-refractivity contribution in [3.63, 3.8) is 0 Å². The lowest BCUT2D eigenvalue weighted by atomic mass is 10.2.